The summed E-state index contributed by atoms with van der Waals surface area (Å²) in [5.41, 5.74) is 6.31. The molecule has 1 amide bonds. The molecular formula is C8H10N2O4S. The predicted molar refractivity (Wildman–Crippen MR) is 52.9 cm³/mol. The Bertz CT molecular complexity index is 368. The van der Waals surface area contributed by atoms with Crippen molar-refractivity contribution in [3.63, 3.8) is 0 Å². The molecule has 0 bridgehead atoms. The topological polar surface area (TPSA) is 92.9 Å². The Hall–Kier alpha value is -1.21. The second-order valence-corrected chi connectivity index (χ2v) is 4.49. The maximum Gasteiger partial charge on any atom is 0.512 e. The van der Waals surface area contributed by atoms with Crippen LogP contribution in [0.4, 0.5) is 4.79 Å². The van der Waals surface area contributed by atoms with Gasteiger partial charge in [-0.3, -0.25) is 9.69 Å². The Morgan fingerprint density at radius 2 is 2.40 bits per heavy atom. The molecule has 0 aromatic heterocycles. The van der Waals surface area contributed by atoms with Crippen LogP contribution < -0.4 is 5.73 Å². The number of hydrogen-bond donors (Lipinski definition) is 2. The first-order chi connectivity index (χ1) is 7.02. The van der Waals surface area contributed by atoms with Crippen molar-refractivity contribution in [2.24, 2.45) is 5.73 Å². The van der Waals surface area contributed by atoms with Crippen molar-refractivity contribution in [1.82, 2.24) is 4.90 Å². The van der Waals surface area contributed by atoms with E-state index in [0.29, 0.717) is 5.75 Å². The molecule has 15 heavy (non-hydrogen) atoms. The Morgan fingerprint density at radius 1 is 1.73 bits per heavy atom. The average molecular weight is 230 g/mol. The molecule has 1 fully saturated rings. The number of thioether (sulfide) groups is 1. The van der Waals surface area contributed by atoms with Gasteiger partial charge >= 0.3 is 6.16 Å². The Kier molecular flexibility index (Phi) is 2.35. The van der Waals surface area contributed by atoms with Crippen molar-refractivity contribution >= 4 is 23.8 Å². The molecule has 0 aliphatic carbocycles. The van der Waals surface area contributed by atoms with E-state index in [1.54, 1.807) is 6.92 Å². The number of ether oxygens (including phenoxy) is 1. The minimum absolute atomic E-state index is 0.123. The first-order valence-corrected chi connectivity index (χ1v) is 5.38. The van der Waals surface area contributed by atoms with Crippen molar-refractivity contribution in [3.05, 3.63) is 11.5 Å². The largest absolute Gasteiger partial charge is 0.512 e. The van der Waals surface area contributed by atoms with E-state index in [9.17, 15) is 9.59 Å². The van der Waals surface area contributed by atoms with Crippen molar-refractivity contribution in [2.45, 2.75) is 18.3 Å². The van der Waals surface area contributed by atoms with Gasteiger partial charge in [0.25, 0.3) is 0 Å². The summed E-state index contributed by atoms with van der Waals surface area (Å²) < 4.78 is 4.59. The van der Waals surface area contributed by atoms with E-state index in [1.807, 2.05) is 0 Å². The highest BCUT2D eigenvalue weighted by atomic mass is 32.2. The summed E-state index contributed by atoms with van der Waals surface area (Å²) >= 11 is 1.51. The zero-order chi connectivity index (χ0) is 11.2. The smallest absolute Gasteiger partial charge is 0.449 e. The van der Waals surface area contributed by atoms with Gasteiger partial charge < -0.3 is 15.6 Å². The van der Waals surface area contributed by atoms with Crippen molar-refractivity contribution < 1.29 is 19.4 Å². The Morgan fingerprint density at radius 3 is 3.00 bits per heavy atom. The van der Waals surface area contributed by atoms with E-state index >= 15 is 0 Å². The van der Waals surface area contributed by atoms with Gasteiger partial charge in [-0.25, -0.2) is 4.79 Å². The van der Waals surface area contributed by atoms with Gasteiger partial charge in [0.2, 0.25) is 11.8 Å². The zero-order valence-corrected chi connectivity index (χ0v) is 8.78. The summed E-state index contributed by atoms with van der Waals surface area (Å²) in [5, 5.41) is 8.35. The van der Waals surface area contributed by atoms with Crippen LogP contribution in [0.15, 0.2) is 11.5 Å². The van der Waals surface area contributed by atoms with Gasteiger partial charge in [-0.05, 0) is 12.5 Å². The molecule has 3 N–H and O–H groups in total. The lowest BCUT2D eigenvalue weighted by molar-refractivity contribution is -0.144. The van der Waals surface area contributed by atoms with Gasteiger partial charge in [-0.15, -0.1) is 11.8 Å². The third-order valence-electron chi connectivity index (χ3n) is 2.32. The monoisotopic (exact) mass is 230 g/mol. The van der Waals surface area contributed by atoms with E-state index < -0.39 is 12.2 Å². The van der Waals surface area contributed by atoms with Gasteiger partial charge in [0, 0.05) is 5.75 Å². The van der Waals surface area contributed by atoms with Crippen LogP contribution in [0.5, 0.6) is 0 Å². The van der Waals surface area contributed by atoms with Gasteiger partial charge in [0.1, 0.15) is 11.4 Å². The number of nitrogens with zero attached hydrogens (tertiary/aromatic N) is 1. The van der Waals surface area contributed by atoms with E-state index in [-0.39, 0.29) is 17.2 Å². The van der Waals surface area contributed by atoms with E-state index in [2.05, 4.69) is 4.74 Å². The summed E-state index contributed by atoms with van der Waals surface area (Å²) in [6.45, 7) is 1.73. The Labute approximate surface area is 90.0 Å². The lowest BCUT2D eigenvalue weighted by atomic mass is 10.1. The Balaban J connectivity index is 2.25. The fraction of sp³-hybridized carbons (Fsp3) is 0.500. The number of amides is 1. The number of carbonyl (C=O) groups is 2. The molecule has 82 valence electrons. The SMILES string of the molecule is CC1=C(OC(=O)O)N2C(=O)C(N)[C@@H]2SC1. The lowest BCUT2D eigenvalue weighted by Gasteiger charge is -2.47. The van der Waals surface area contributed by atoms with Crippen LogP contribution in [0, 0.1) is 0 Å². The lowest BCUT2D eigenvalue weighted by Crippen LogP contribution is -2.68. The minimum Gasteiger partial charge on any atom is -0.449 e. The first kappa shape index (κ1) is 10.3. The third kappa shape index (κ3) is 1.47. The first-order valence-electron chi connectivity index (χ1n) is 4.33. The highest BCUT2D eigenvalue weighted by Crippen LogP contribution is 2.39. The molecule has 2 aliphatic heterocycles. The van der Waals surface area contributed by atoms with Crippen molar-refractivity contribution in [3.8, 4) is 0 Å². The molecule has 2 heterocycles. The molecule has 0 aromatic carbocycles. The maximum atomic E-state index is 11.4. The molecule has 1 saturated heterocycles. The van der Waals surface area contributed by atoms with Crippen molar-refractivity contribution in [2.75, 3.05) is 5.75 Å². The van der Waals surface area contributed by atoms with Gasteiger partial charge in [-0.2, -0.15) is 0 Å². The quantitative estimate of drug-likeness (QED) is 0.492. The highest BCUT2D eigenvalue weighted by Gasteiger charge is 2.50. The second kappa shape index (κ2) is 3.42. The number of nitrogens with two attached hydrogens (primary N) is 1. The number of β-lactam (4-membered cyclic amide) rings is 1. The van der Waals surface area contributed by atoms with Crippen molar-refractivity contribution in [1.29, 1.82) is 0 Å². The molecule has 2 aliphatic rings. The number of hydrogen-bond acceptors (Lipinski definition) is 5. The van der Waals surface area contributed by atoms with Crippen LogP contribution in [0.1, 0.15) is 6.92 Å². The summed E-state index contributed by atoms with van der Waals surface area (Å²) in [6, 6.07) is -0.546. The second-order valence-electron chi connectivity index (χ2n) is 3.39. The van der Waals surface area contributed by atoms with Crippen LogP contribution in [-0.4, -0.2) is 39.2 Å². The molecule has 0 saturated carbocycles. The predicted octanol–water partition coefficient (Wildman–Crippen LogP) is 0.155. The molecular weight excluding hydrogens is 220 g/mol. The number of rotatable bonds is 1. The molecule has 6 nitrogen and oxygen atoms in total. The molecule has 2 rings (SSSR count). The fourth-order valence-electron chi connectivity index (χ4n) is 1.58. The van der Waals surface area contributed by atoms with Gasteiger partial charge in [-0.1, -0.05) is 0 Å². The molecule has 0 radical (unpaired) electrons. The summed E-state index contributed by atoms with van der Waals surface area (Å²) in [4.78, 5) is 23.2. The van der Waals surface area contributed by atoms with Crippen LogP contribution in [0.25, 0.3) is 0 Å². The summed E-state index contributed by atoms with van der Waals surface area (Å²) in [6.07, 6.45) is -1.41. The molecule has 7 heteroatoms. The number of fused-ring (bicyclic) bond motifs is 1. The van der Waals surface area contributed by atoms with Gasteiger partial charge in [0.15, 0.2) is 0 Å². The molecule has 2 atom stereocenters. The summed E-state index contributed by atoms with van der Waals surface area (Å²) in [5.74, 6) is 0.464. The van der Waals surface area contributed by atoms with E-state index in [4.69, 9.17) is 10.8 Å². The number of carboxylic acid groups (broad SMARTS) is 1. The normalized spacial score (nSPS) is 29.7. The highest BCUT2D eigenvalue weighted by molar-refractivity contribution is 8.00. The summed E-state index contributed by atoms with van der Waals surface area (Å²) in [7, 11) is 0. The molecule has 0 aromatic rings. The number of carbonyl (C=O) groups excluding carboxylic acids is 1. The van der Waals surface area contributed by atoms with Crippen LogP contribution >= 0.6 is 11.8 Å². The van der Waals surface area contributed by atoms with Gasteiger partial charge in [0.05, 0.1) is 0 Å². The zero-order valence-electron chi connectivity index (χ0n) is 7.97. The van der Waals surface area contributed by atoms with Crippen LogP contribution in [-0.2, 0) is 9.53 Å². The average Bonchev–Trinajstić information content (AvgIpc) is 2.19. The fourth-order valence-corrected chi connectivity index (χ4v) is 2.79. The van der Waals surface area contributed by atoms with E-state index in [0.717, 1.165) is 5.57 Å². The van der Waals surface area contributed by atoms with Crippen LogP contribution in [0.2, 0.25) is 0 Å². The minimum atomic E-state index is -1.41. The third-order valence-corrected chi connectivity index (χ3v) is 3.77. The molecule has 0 spiro atoms. The van der Waals surface area contributed by atoms with Crippen LogP contribution in [0.3, 0.4) is 0 Å². The maximum absolute atomic E-state index is 11.4. The van der Waals surface area contributed by atoms with E-state index in [1.165, 1.54) is 16.7 Å². The standard InChI is InChI=1S/C8H10N2O4S/c1-3-2-15-7-4(9)5(11)10(7)6(3)14-8(12)13/h4,7H,2,9H2,1H3,(H,12,13)/t4?,7-/m0/s1. The molecule has 1 unspecified atom stereocenters.